The number of hydrogen-bond donors (Lipinski definition) is 3. The van der Waals surface area contributed by atoms with Gasteiger partial charge in [-0.2, -0.15) is 11.3 Å². The second-order valence-corrected chi connectivity index (χ2v) is 7.99. The quantitative estimate of drug-likeness (QED) is 0.395. The molecule has 0 bridgehead atoms. The summed E-state index contributed by atoms with van der Waals surface area (Å²) in [5, 5.41) is 10.3. The summed E-state index contributed by atoms with van der Waals surface area (Å²) in [7, 11) is 0. The van der Waals surface area contributed by atoms with Crippen LogP contribution in [0.2, 0.25) is 0 Å². The molecule has 3 N–H and O–H groups in total. The number of imidazole rings is 1. The van der Waals surface area contributed by atoms with E-state index in [0.29, 0.717) is 23.3 Å². The summed E-state index contributed by atoms with van der Waals surface area (Å²) in [6.07, 6.45) is 9.09. The van der Waals surface area contributed by atoms with Gasteiger partial charge in [0.1, 0.15) is 5.82 Å². The van der Waals surface area contributed by atoms with E-state index in [1.54, 1.807) is 23.6 Å². The van der Waals surface area contributed by atoms with Crippen molar-refractivity contribution in [2.45, 2.75) is 53.9 Å². The van der Waals surface area contributed by atoms with Gasteiger partial charge in [-0.15, -0.1) is 0 Å². The Morgan fingerprint density at radius 1 is 1.25 bits per heavy atom. The highest BCUT2D eigenvalue weighted by Crippen LogP contribution is 2.23. The van der Waals surface area contributed by atoms with Gasteiger partial charge in [-0.1, -0.05) is 40.2 Å². The monoisotopic (exact) mass is 453 g/mol. The highest BCUT2D eigenvalue weighted by Gasteiger charge is 2.15. The normalized spacial score (nSPS) is 12.4. The largest absolute Gasteiger partial charge is 0.385 e. The van der Waals surface area contributed by atoms with E-state index in [0.717, 1.165) is 30.8 Å². The second-order valence-electron chi connectivity index (χ2n) is 7.21. The molecule has 1 aliphatic rings. The number of aromatic amines is 1. The fourth-order valence-corrected chi connectivity index (χ4v) is 3.77. The molecule has 3 aromatic rings. The molecule has 0 saturated heterocycles. The number of dihydropyridines is 1. The lowest BCUT2D eigenvalue weighted by Gasteiger charge is -2.13. The number of pyridine rings is 1. The molecule has 0 unspecified atom stereocenters. The van der Waals surface area contributed by atoms with Crippen LogP contribution in [0.25, 0.3) is 22.6 Å². The fraction of sp³-hybridized carbons (Fsp3) is 0.400. The maximum atomic E-state index is 12.6. The first kappa shape index (κ1) is 25.3. The van der Waals surface area contributed by atoms with E-state index < -0.39 is 0 Å². The van der Waals surface area contributed by atoms with Gasteiger partial charge in [0, 0.05) is 35.9 Å². The van der Waals surface area contributed by atoms with Gasteiger partial charge >= 0.3 is 0 Å². The molecular weight excluding hydrogens is 418 g/mol. The van der Waals surface area contributed by atoms with Gasteiger partial charge in [0.25, 0.3) is 5.91 Å². The van der Waals surface area contributed by atoms with Crippen LogP contribution in [0.1, 0.15) is 64.2 Å². The lowest BCUT2D eigenvalue weighted by atomic mass is 10.1. The average molecular weight is 454 g/mol. The van der Waals surface area contributed by atoms with E-state index >= 15 is 0 Å². The number of amides is 1. The van der Waals surface area contributed by atoms with Gasteiger partial charge in [-0.3, -0.25) is 4.79 Å². The number of carbonyl (C=O) groups is 1. The number of H-pyrrole nitrogens is 1. The molecule has 3 aromatic heterocycles. The van der Waals surface area contributed by atoms with Crippen LogP contribution in [-0.4, -0.2) is 33.9 Å². The summed E-state index contributed by atoms with van der Waals surface area (Å²) in [5.74, 6) is 0.632. The number of allylic oxidation sites excluding steroid dienone is 3. The van der Waals surface area contributed by atoms with Crippen LogP contribution < -0.4 is 10.6 Å². The van der Waals surface area contributed by atoms with Crippen molar-refractivity contribution in [2.75, 3.05) is 13.1 Å². The number of carbonyl (C=O) groups excluding carboxylic acids is 1. The van der Waals surface area contributed by atoms with Crippen LogP contribution in [0, 0.1) is 0 Å². The minimum absolute atomic E-state index is 0.103. The summed E-state index contributed by atoms with van der Waals surface area (Å²) in [4.78, 5) is 24.7. The smallest absolute Gasteiger partial charge is 0.253 e. The van der Waals surface area contributed by atoms with Crippen molar-refractivity contribution in [1.29, 1.82) is 0 Å². The van der Waals surface area contributed by atoms with Crippen molar-refractivity contribution < 1.29 is 4.79 Å². The van der Waals surface area contributed by atoms with Crippen molar-refractivity contribution >= 4 is 28.4 Å². The first-order chi connectivity index (χ1) is 15.6. The summed E-state index contributed by atoms with van der Waals surface area (Å²) in [5.41, 5.74) is 5.33. The van der Waals surface area contributed by atoms with Gasteiger partial charge in [0.2, 0.25) is 0 Å². The van der Waals surface area contributed by atoms with Crippen LogP contribution in [0.5, 0.6) is 0 Å². The van der Waals surface area contributed by atoms with Crippen LogP contribution in [0.15, 0.2) is 52.5 Å². The molecule has 0 radical (unpaired) electrons. The molecule has 7 heteroatoms. The maximum absolute atomic E-state index is 12.6. The minimum atomic E-state index is -0.103. The van der Waals surface area contributed by atoms with Crippen LogP contribution in [0.4, 0.5) is 0 Å². The van der Waals surface area contributed by atoms with Gasteiger partial charge < -0.3 is 15.6 Å². The third-order valence-electron chi connectivity index (χ3n) is 4.51. The van der Waals surface area contributed by atoms with E-state index in [1.165, 1.54) is 17.7 Å². The van der Waals surface area contributed by atoms with E-state index in [2.05, 4.69) is 58.5 Å². The summed E-state index contributed by atoms with van der Waals surface area (Å²) < 4.78 is 0. The number of fused-ring (bicyclic) bond motifs is 1. The predicted molar refractivity (Wildman–Crippen MR) is 136 cm³/mol. The average Bonchev–Trinajstić information content (AvgIpc) is 3.48. The van der Waals surface area contributed by atoms with E-state index in [-0.39, 0.29) is 5.91 Å². The lowest BCUT2D eigenvalue weighted by molar-refractivity contribution is 0.0954. The Bertz CT molecular complexity index is 1030. The molecule has 0 saturated carbocycles. The molecule has 0 atom stereocenters. The van der Waals surface area contributed by atoms with Gasteiger partial charge in [0.15, 0.2) is 5.65 Å². The van der Waals surface area contributed by atoms with Crippen molar-refractivity contribution in [3.05, 3.63) is 58.1 Å². The molecule has 4 rings (SSSR count). The third-order valence-corrected chi connectivity index (χ3v) is 5.19. The molecule has 0 fully saturated rings. The minimum Gasteiger partial charge on any atom is -0.385 e. The van der Waals surface area contributed by atoms with Crippen LogP contribution in [-0.2, 0) is 0 Å². The number of nitrogens with zero attached hydrogens (tertiary/aromatic N) is 2. The number of hydrogen-bond acceptors (Lipinski definition) is 5. The third kappa shape index (κ3) is 7.05. The Labute approximate surface area is 195 Å². The molecule has 1 aliphatic heterocycles. The first-order valence-electron chi connectivity index (χ1n) is 11.4. The number of nitrogens with one attached hydrogen (secondary N) is 3. The standard InChI is InChI=1S/C20H21N5OS.C3H8.C2H6/c1-13-11-14(4-8-21-13)3-2-7-23-20(26)16-5-9-22-19-17(16)24-18(25-19)15-6-10-27-12-15;1-3-2;1-2/h4-6,9-12,21H,2-3,7-8H2,1H3,(H,23,26)(H,22,24,25);3H2,1-2H3;1-2H3. The number of thiophene rings is 1. The van der Waals surface area contributed by atoms with Crippen molar-refractivity contribution in [1.82, 2.24) is 25.6 Å². The molecule has 0 aromatic carbocycles. The molecule has 1 amide bonds. The zero-order valence-corrected chi connectivity index (χ0v) is 20.6. The molecule has 6 nitrogen and oxygen atoms in total. The van der Waals surface area contributed by atoms with E-state index in [1.807, 2.05) is 30.7 Å². The first-order valence-corrected chi connectivity index (χ1v) is 12.3. The number of aromatic nitrogens is 3. The zero-order valence-electron chi connectivity index (χ0n) is 19.8. The van der Waals surface area contributed by atoms with Crippen LogP contribution in [0.3, 0.4) is 0 Å². The predicted octanol–water partition coefficient (Wildman–Crippen LogP) is 6.07. The van der Waals surface area contributed by atoms with Gasteiger partial charge in [-0.25, -0.2) is 9.97 Å². The Kier molecular flexibility index (Phi) is 10.7. The Hall–Kier alpha value is -2.93. The summed E-state index contributed by atoms with van der Waals surface area (Å²) >= 11 is 1.61. The van der Waals surface area contributed by atoms with Crippen LogP contribution >= 0.6 is 11.3 Å². The van der Waals surface area contributed by atoms with Crippen molar-refractivity contribution in [3.63, 3.8) is 0 Å². The molecular formula is C25H35N5OS. The molecule has 172 valence electrons. The molecule has 0 aliphatic carbocycles. The zero-order chi connectivity index (χ0) is 23.3. The summed E-state index contributed by atoms with van der Waals surface area (Å²) in [6, 6.07) is 3.72. The Morgan fingerprint density at radius 3 is 2.72 bits per heavy atom. The highest BCUT2D eigenvalue weighted by atomic mass is 32.1. The topological polar surface area (TPSA) is 82.7 Å². The highest BCUT2D eigenvalue weighted by molar-refractivity contribution is 7.08. The molecule has 32 heavy (non-hydrogen) atoms. The molecule has 4 heterocycles. The Morgan fingerprint density at radius 2 is 2.03 bits per heavy atom. The van der Waals surface area contributed by atoms with Gasteiger partial charge in [-0.05, 0) is 48.9 Å². The van der Waals surface area contributed by atoms with Crippen molar-refractivity contribution in [3.8, 4) is 11.4 Å². The number of rotatable bonds is 6. The fourth-order valence-electron chi connectivity index (χ4n) is 3.13. The van der Waals surface area contributed by atoms with Gasteiger partial charge in [0.05, 0.1) is 11.1 Å². The Balaban J connectivity index is 0.000000671. The van der Waals surface area contributed by atoms with E-state index in [4.69, 9.17) is 0 Å². The second kappa shape index (κ2) is 13.5. The summed E-state index contributed by atoms with van der Waals surface area (Å²) in [6.45, 7) is 11.8. The molecule has 0 spiro atoms. The van der Waals surface area contributed by atoms with E-state index in [9.17, 15) is 4.79 Å². The lowest BCUT2D eigenvalue weighted by Crippen LogP contribution is -2.25. The SMILES string of the molecule is CC.CC1=CC(CCCNC(=O)c2ccnc3nc(-c4ccsc4)[nH]c23)=CCN1.CCC. The van der Waals surface area contributed by atoms with Crippen molar-refractivity contribution in [2.24, 2.45) is 0 Å². The maximum Gasteiger partial charge on any atom is 0.253 e.